The van der Waals surface area contributed by atoms with Gasteiger partial charge in [-0.15, -0.1) is 0 Å². The zero-order valence-corrected chi connectivity index (χ0v) is 13.7. The van der Waals surface area contributed by atoms with Gasteiger partial charge in [-0.3, -0.25) is 4.79 Å². The Morgan fingerprint density at radius 3 is 2.42 bits per heavy atom. The number of benzene rings is 2. The number of carbonyl (C=O) groups is 2. The van der Waals surface area contributed by atoms with Gasteiger partial charge in [-0.25, -0.2) is 4.79 Å². The smallest absolute Gasteiger partial charge is 0.407 e. The second-order valence-electron chi connectivity index (χ2n) is 5.81. The van der Waals surface area contributed by atoms with Crippen molar-refractivity contribution in [3.8, 4) is 0 Å². The fraction of sp³-hybridized carbons (Fsp3) is 0.200. The summed E-state index contributed by atoms with van der Waals surface area (Å²) in [5.41, 5.74) is 3.84. The molecule has 122 valence electrons. The van der Waals surface area contributed by atoms with Crippen LogP contribution in [0.4, 0.5) is 4.79 Å². The van der Waals surface area contributed by atoms with Crippen molar-refractivity contribution in [2.75, 3.05) is 7.11 Å². The molecule has 2 aromatic rings. The van der Waals surface area contributed by atoms with Crippen LogP contribution in [0, 0.1) is 0 Å². The molecule has 3 rings (SSSR count). The lowest BCUT2D eigenvalue weighted by atomic mass is 9.80. The maximum Gasteiger partial charge on any atom is 0.407 e. The van der Waals surface area contributed by atoms with Crippen LogP contribution in [0.3, 0.4) is 0 Å². The Bertz CT molecular complexity index is 793. The van der Waals surface area contributed by atoms with Crippen LogP contribution in [0.2, 0.25) is 0 Å². The largest absolute Gasteiger partial charge is 0.453 e. The van der Waals surface area contributed by atoms with Crippen LogP contribution < -0.4 is 5.32 Å². The molecule has 0 spiro atoms. The Morgan fingerprint density at radius 2 is 1.75 bits per heavy atom. The topological polar surface area (TPSA) is 55.4 Å². The molecule has 1 N–H and O–H groups in total. The van der Waals surface area contributed by atoms with Crippen molar-refractivity contribution in [2.45, 2.75) is 18.9 Å². The number of hydrogen-bond donors (Lipinski definition) is 1. The third kappa shape index (κ3) is 3.08. The van der Waals surface area contributed by atoms with E-state index in [9.17, 15) is 9.59 Å². The molecule has 1 aliphatic rings. The first-order chi connectivity index (χ1) is 11.6. The summed E-state index contributed by atoms with van der Waals surface area (Å²) in [5, 5.41) is 2.93. The molecule has 4 nitrogen and oxygen atoms in total. The highest BCUT2D eigenvalue weighted by Gasteiger charge is 2.29. The molecule has 4 heteroatoms. The molecule has 0 aromatic heterocycles. The third-order valence-corrected chi connectivity index (χ3v) is 4.33. The summed E-state index contributed by atoms with van der Waals surface area (Å²) < 4.78 is 4.78. The van der Waals surface area contributed by atoms with Gasteiger partial charge < -0.3 is 10.1 Å². The Kier molecular flexibility index (Phi) is 4.47. The number of rotatable bonds is 3. The quantitative estimate of drug-likeness (QED) is 0.866. The van der Waals surface area contributed by atoms with Gasteiger partial charge in [-0.1, -0.05) is 60.7 Å². The molecule has 24 heavy (non-hydrogen) atoms. The molecule has 0 aliphatic heterocycles. The van der Waals surface area contributed by atoms with E-state index < -0.39 is 6.09 Å². The zero-order valence-electron chi connectivity index (χ0n) is 13.7. The summed E-state index contributed by atoms with van der Waals surface area (Å²) in [6.45, 7) is 1.55. The number of fused-ring (bicyclic) bond motifs is 1. The van der Waals surface area contributed by atoms with Crippen LogP contribution in [0.1, 0.15) is 45.9 Å². The average Bonchev–Trinajstić information content (AvgIpc) is 2.62. The molecular weight excluding hydrogens is 302 g/mol. The summed E-state index contributed by atoms with van der Waals surface area (Å²) in [6.07, 6.45) is 3.68. The predicted octanol–water partition coefficient (Wildman–Crippen LogP) is 4.10. The molecule has 0 unspecified atom stereocenters. The molecule has 0 radical (unpaired) electrons. The first-order valence-electron chi connectivity index (χ1n) is 7.82. The minimum Gasteiger partial charge on any atom is -0.453 e. The van der Waals surface area contributed by atoms with E-state index in [0.717, 1.165) is 16.7 Å². The number of methoxy groups -OCH3 is 1. The average molecular weight is 321 g/mol. The Hall–Kier alpha value is -2.88. The van der Waals surface area contributed by atoms with Crippen molar-refractivity contribution in [3.05, 3.63) is 76.9 Å². The molecule has 0 saturated carbocycles. The minimum absolute atomic E-state index is 0.0278. The van der Waals surface area contributed by atoms with E-state index in [2.05, 4.69) is 17.5 Å². The molecule has 1 amide bonds. The number of carbonyl (C=O) groups excluding carboxylic acids is 2. The van der Waals surface area contributed by atoms with Crippen LogP contribution in [0.5, 0.6) is 0 Å². The Balaban J connectivity index is 1.99. The van der Waals surface area contributed by atoms with Gasteiger partial charge in [0.2, 0.25) is 0 Å². The molecule has 0 heterocycles. The van der Waals surface area contributed by atoms with E-state index in [1.807, 2.05) is 48.5 Å². The van der Waals surface area contributed by atoms with Gasteiger partial charge in [0.05, 0.1) is 13.2 Å². The maximum absolute atomic E-state index is 11.8. The highest BCUT2D eigenvalue weighted by molar-refractivity contribution is 5.94. The van der Waals surface area contributed by atoms with Crippen molar-refractivity contribution in [2.24, 2.45) is 0 Å². The highest BCUT2D eigenvalue weighted by Crippen LogP contribution is 2.38. The maximum atomic E-state index is 11.8. The number of ketones is 1. The first-order valence-corrected chi connectivity index (χ1v) is 7.82. The summed E-state index contributed by atoms with van der Waals surface area (Å²) in [4.78, 5) is 23.3. The van der Waals surface area contributed by atoms with E-state index in [0.29, 0.717) is 5.56 Å². The van der Waals surface area contributed by atoms with Crippen LogP contribution >= 0.6 is 0 Å². The SMILES string of the molecule is COC(=O)N[C@@H]1c2ccccc2C=C[C@@H]1c1ccc(C(C)=O)cc1. The standard InChI is InChI=1S/C20H19NO3/c1-13(22)14-7-9-16(10-8-14)18-12-11-15-5-3-4-6-17(15)19(18)21-20(23)24-2/h3-12,18-19H,1-2H3,(H,21,23)/t18-,19-/m1/s1. The second kappa shape index (κ2) is 6.71. The molecular formula is C20H19NO3. The summed E-state index contributed by atoms with van der Waals surface area (Å²) in [6, 6.07) is 15.3. The molecule has 0 saturated heterocycles. The first kappa shape index (κ1) is 16.0. The highest BCUT2D eigenvalue weighted by atomic mass is 16.5. The number of ether oxygens (including phenoxy) is 1. The van der Waals surface area contributed by atoms with Gasteiger partial charge in [0.25, 0.3) is 0 Å². The van der Waals surface area contributed by atoms with Gasteiger partial charge in [-0.05, 0) is 23.6 Å². The van der Waals surface area contributed by atoms with Gasteiger partial charge in [0.15, 0.2) is 5.78 Å². The van der Waals surface area contributed by atoms with Gasteiger partial charge in [-0.2, -0.15) is 0 Å². The van der Waals surface area contributed by atoms with Crippen molar-refractivity contribution in [3.63, 3.8) is 0 Å². The zero-order chi connectivity index (χ0) is 17.1. The monoisotopic (exact) mass is 321 g/mol. The van der Waals surface area contributed by atoms with Gasteiger partial charge >= 0.3 is 6.09 Å². The number of Topliss-reactive ketones (excluding diaryl/α,β-unsaturated/α-hetero) is 1. The predicted molar refractivity (Wildman–Crippen MR) is 92.9 cm³/mol. The van der Waals surface area contributed by atoms with E-state index in [4.69, 9.17) is 4.74 Å². The van der Waals surface area contributed by atoms with Crippen molar-refractivity contribution >= 4 is 18.0 Å². The molecule has 0 bridgehead atoms. The van der Waals surface area contributed by atoms with Crippen LogP contribution in [0.15, 0.2) is 54.6 Å². The van der Waals surface area contributed by atoms with Crippen LogP contribution in [-0.2, 0) is 4.74 Å². The van der Waals surface area contributed by atoms with Crippen molar-refractivity contribution in [1.29, 1.82) is 0 Å². The van der Waals surface area contributed by atoms with E-state index in [-0.39, 0.29) is 17.7 Å². The lowest BCUT2D eigenvalue weighted by Crippen LogP contribution is -2.33. The van der Waals surface area contributed by atoms with Crippen molar-refractivity contribution in [1.82, 2.24) is 5.32 Å². The molecule has 0 fully saturated rings. The normalized spacial score (nSPS) is 18.6. The fourth-order valence-corrected chi connectivity index (χ4v) is 3.05. The molecule has 2 atom stereocenters. The number of nitrogens with one attached hydrogen (secondary N) is 1. The van der Waals surface area contributed by atoms with Crippen LogP contribution in [-0.4, -0.2) is 19.0 Å². The summed E-state index contributed by atoms with van der Waals surface area (Å²) >= 11 is 0. The summed E-state index contributed by atoms with van der Waals surface area (Å²) in [5.74, 6) is 0.00956. The van der Waals surface area contributed by atoms with E-state index >= 15 is 0 Å². The lowest BCUT2D eigenvalue weighted by molar-refractivity contribution is 0.101. The minimum atomic E-state index is -0.463. The third-order valence-electron chi connectivity index (χ3n) is 4.33. The fourth-order valence-electron chi connectivity index (χ4n) is 3.05. The second-order valence-corrected chi connectivity index (χ2v) is 5.81. The Morgan fingerprint density at radius 1 is 1.04 bits per heavy atom. The summed E-state index contributed by atoms with van der Waals surface area (Å²) in [7, 11) is 1.36. The molecule has 1 aliphatic carbocycles. The van der Waals surface area contributed by atoms with Crippen molar-refractivity contribution < 1.29 is 14.3 Å². The van der Waals surface area contributed by atoms with E-state index in [1.54, 1.807) is 6.92 Å². The van der Waals surface area contributed by atoms with Gasteiger partial charge in [0.1, 0.15) is 0 Å². The number of alkyl carbamates (subject to hydrolysis) is 1. The lowest BCUT2D eigenvalue weighted by Gasteiger charge is -2.30. The number of amides is 1. The Labute approximate surface area is 141 Å². The van der Waals surface area contributed by atoms with E-state index in [1.165, 1.54) is 7.11 Å². The molecule has 2 aromatic carbocycles. The van der Waals surface area contributed by atoms with Gasteiger partial charge in [0, 0.05) is 11.5 Å². The van der Waals surface area contributed by atoms with Crippen LogP contribution in [0.25, 0.3) is 6.08 Å². The number of hydrogen-bond acceptors (Lipinski definition) is 3.